The maximum absolute atomic E-state index is 8.90. The fourth-order valence-electron chi connectivity index (χ4n) is 1.99. The first-order valence-corrected chi connectivity index (χ1v) is 6.68. The van der Waals surface area contributed by atoms with Crippen LogP contribution >= 0.6 is 0 Å². The van der Waals surface area contributed by atoms with E-state index in [1.165, 1.54) is 0 Å². The van der Waals surface area contributed by atoms with E-state index in [9.17, 15) is 0 Å². The van der Waals surface area contributed by atoms with Crippen molar-refractivity contribution in [3.05, 3.63) is 23.8 Å². The van der Waals surface area contributed by atoms with E-state index in [1.807, 2.05) is 18.2 Å². The van der Waals surface area contributed by atoms with Crippen LogP contribution in [0.4, 0.5) is 0 Å². The smallest absolute Gasteiger partial charge is 0.127 e. The minimum Gasteiger partial charge on any atom is -0.497 e. The van der Waals surface area contributed by atoms with Crippen LogP contribution < -0.4 is 14.8 Å². The van der Waals surface area contributed by atoms with Gasteiger partial charge in [-0.3, -0.25) is 0 Å². The summed E-state index contributed by atoms with van der Waals surface area (Å²) in [6.45, 7) is 5.34. The van der Waals surface area contributed by atoms with Crippen molar-refractivity contribution in [3.8, 4) is 11.5 Å². The minimum atomic E-state index is 0.196. The maximum Gasteiger partial charge on any atom is 0.127 e. The number of hydrogen-bond acceptors (Lipinski definition) is 4. The lowest BCUT2D eigenvalue weighted by Crippen LogP contribution is -2.25. The van der Waals surface area contributed by atoms with E-state index in [2.05, 4.69) is 19.2 Å². The second-order valence-corrected chi connectivity index (χ2v) is 4.86. The summed E-state index contributed by atoms with van der Waals surface area (Å²) in [4.78, 5) is 0. The van der Waals surface area contributed by atoms with E-state index < -0.39 is 0 Å². The van der Waals surface area contributed by atoms with Crippen molar-refractivity contribution in [2.75, 3.05) is 27.4 Å². The Bertz CT molecular complexity index is 382. The summed E-state index contributed by atoms with van der Waals surface area (Å²) in [5.74, 6) is 2.08. The van der Waals surface area contributed by atoms with Gasteiger partial charge in [0.05, 0.1) is 14.2 Å². The molecule has 1 aromatic rings. The maximum atomic E-state index is 8.90. The van der Waals surface area contributed by atoms with Gasteiger partial charge >= 0.3 is 0 Å². The van der Waals surface area contributed by atoms with Gasteiger partial charge in [0.15, 0.2) is 0 Å². The highest BCUT2D eigenvalue weighted by Gasteiger charge is 2.13. The Kier molecular flexibility index (Phi) is 6.67. The monoisotopic (exact) mass is 267 g/mol. The zero-order valence-electron chi connectivity index (χ0n) is 12.3. The van der Waals surface area contributed by atoms with Crippen LogP contribution in [-0.2, 0) is 0 Å². The normalized spacial score (nSPS) is 13.9. The van der Waals surface area contributed by atoms with Crippen LogP contribution in [0.1, 0.15) is 31.9 Å². The van der Waals surface area contributed by atoms with Gasteiger partial charge in [-0.25, -0.2) is 0 Å². The minimum absolute atomic E-state index is 0.196. The zero-order valence-corrected chi connectivity index (χ0v) is 12.3. The van der Waals surface area contributed by atoms with E-state index in [4.69, 9.17) is 14.6 Å². The van der Waals surface area contributed by atoms with Gasteiger partial charge in [0.25, 0.3) is 0 Å². The van der Waals surface area contributed by atoms with Crippen molar-refractivity contribution >= 4 is 0 Å². The molecule has 0 radical (unpaired) electrons. The molecule has 0 saturated heterocycles. The van der Waals surface area contributed by atoms with Crippen LogP contribution in [0.25, 0.3) is 0 Å². The number of hydrogen-bond donors (Lipinski definition) is 2. The number of ether oxygens (including phenoxy) is 2. The summed E-state index contributed by atoms with van der Waals surface area (Å²) < 4.78 is 10.6. The molecule has 2 atom stereocenters. The van der Waals surface area contributed by atoms with Crippen LogP contribution in [0.3, 0.4) is 0 Å². The lowest BCUT2D eigenvalue weighted by molar-refractivity contribution is 0.258. The van der Waals surface area contributed by atoms with Gasteiger partial charge in [0, 0.05) is 24.3 Å². The Morgan fingerprint density at radius 2 is 1.95 bits per heavy atom. The summed E-state index contributed by atoms with van der Waals surface area (Å²) in [5, 5.41) is 12.4. The fourth-order valence-corrected chi connectivity index (χ4v) is 1.99. The highest BCUT2D eigenvalue weighted by molar-refractivity contribution is 5.42. The van der Waals surface area contributed by atoms with E-state index in [-0.39, 0.29) is 12.6 Å². The largest absolute Gasteiger partial charge is 0.497 e. The van der Waals surface area contributed by atoms with Gasteiger partial charge in [0.2, 0.25) is 0 Å². The van der Waals surface area contributed by atoms with Crippen molar-refractivity contribution in [1.82, 2.24) is 5.32 Å². The number of aliphatic hydroxyl groups excluding tert-OH is 1. The Morgan fingerprint density at radius 1 is 1.21 bits per heavy atom. The van der Waals surface area contributed by atoms with Crippen molar-refractivity contribution in [1.29, 1.82) is 0 Å². The average Bonchev–Trinajstić information content (AvgIpc) is 2.44. The molecule has 4 nitrogen and oxygen atoms in total. The lowest BCUT2D eigenvalue weighted by Gasteiger charge is -2.20. The quantitative estimate of drug-likeness (QED) is 0.759. The molecule has 1 aromatic carbocycles. The highest BCUT2D eigenvalue weighted by Crippen LogP contribution is 2.29. The standard InChI is InChI=1S/C15H25NO3/c1-11(7-8-17)10-16-12(2)14-6-5-13(18-3)9-15(14)19-4/h5-6,9,11-12,16-17H,7-8,10H2,1-4H3. The van der Waals surface area contributed by atoms with Crippen molar-refractivity contribution < 1.29 is 14.6 Å². The number of rotatable bonds is 8. The van der Waals surface area contributed by atoms with Crippen molar-refractivity contribution in [2.24, 2.45) is 5.92 Å². The van der Waals surface area contributed by atoms with Gasteiger partial charge in [-0.1, -0.05) is 13.0 Å². The molecule has 0 bridgehead atoms. The first-order chi connectivity index (χ1) is 9.12. The van der Waals surface area contributed by atoms with Crippen LogP contribution in [0.5, 0.6) is 11.5 Å². The highest BCUT2D eigenvalue weighted by atomic mass is 16.5. The molecule has 4 heteroatoms. The molecular weight excluding hydrogens is 242 g/mol. The third kappa shape index (κ3) is 4.73. The molecule has 19 heavy (non-hydrogen) atoms. The summed E-state index contributed by atoms with van der Waals surface area (Å²) in [5.41, 5.74) is 1.11. The molecule has 0 aromatic heterocycles. The fraction of sp³-hybridized carbons (Fsp3) is 0.600. The number of aliphatic hydroxyl groups is 1. The summed E-state index contributed by atoms with van der Waals surface area (Å²) in [7, 11) is 3.31. The van der Waals surface area contributed by atoms with Gasteiger partial charge < -0.3 is 19.9 Å². The van der Waals surface area contributed by atoms with Crippen LogP contribution in [0.15, 0.2) is 18.2 Å². The molecule has 108 valence electrons. The van der Waals surface area contributed by atoms with Crippen LogP contribution in [0.2, 0.25) is 0 Å². The van der Waals surface area contributed by atoms with Crippen molar-refractivity contribution in [2.45, 2.75) is 26.3 Å². The van der Waals surface area contributed by atoms with E-state index >= 15 is 0 Å². The first kappa shape index (κ1) is 15.8. The average molecular weight is 267 g/mol. The second kappa shape index (κ2) is 8.02. The predicted octanol–water partition coefficient (Wildman–Crippen LogP) is 2.37. The van der Waals surface area contributed by atoms with Gasteiger partial charge in [-0.05, 0) is 31.9 Å². The molecule has 2 N–H and O–H groups in total. The topological polar surface area (TPSA) is 50.7 Å². The summed E-state index contributed by atoms with van der Waals surface area (Å²) in [6.07, 6.45) is 0.819. The molecule has 0 spiro atoms. The van der Waals surface area contributed by atoms with Gasteiger partial charge in [-0.2, -0.15) is 0 Å². The summed E-state index contributed by atoms with van der Waals surface area (Å²) in [6, 6.07) is 6.05. The summed E-state index contributed by atoms with van der Waals surface area (Å²) >= 11 is 0. The molecule has 0 aliphatic carbocycles. The van der Waals surface area contributed by atoms with Gasteiger partial charge in [0.1, 0.15) is 11.5 Å². The molecule has 0 heterocycles. The molecule has 0 saturated carbocycles. The molecule has 2 unspecified atom stereocenters. The van der Waals surface area contributed by atoms with Crippen molar-refractivity contribution in [3.63, 3.8) is 0 Å². The lowest BCUT2D eigenvalue weighted by atomic mass is 10.0. The Morgan fingerprint density at radius 3 is 2.53 bits per heavy atom. The zero-order chi connectivity index (χ0) is 14.3. The molecule has 0 amide bonds. The van der Waals surface area contributed by atoms with Gasteiger partial charge in [-0.15, -0.1) is 0 Å². The van der Waals surface area contributed by atoms with E-state index in [1.54, 1.807) is 14.2 Å². The van der Waals surface area contributed by atoms with Crippen LogP contribution in [0, 0.1) is 5.92 Å². The Balaban J connectivity index is 2.68. The molecule has 0 fully saturated rings. The third-order valence-electron chi connectivity index (χ3n) is 3.30. The predicted molar refractivity (Wildman–Crippen MR) is 76.8 cm³/mol. The number of methoxy groups -OCH3 is 2. The molecule has 1 rings (SSSR count). The number of benzene rings is 1. The molecular formula is C15H25NO3. The SMILES string of the molecule is COc1ccc(C(C)NCC(C)CCO)c(OC)c1. The Labute approximate surface area is 115 Å². The third-order valence-corrected chi connectivity index (χ3v) is 3.30. The van der Waals surface area contributed by atoms with E-state index in [0.717, 1.165) is 30.0 Å². The van der Waals surface area contributed by atoms with Crippen LogP contribution in [-0.4, -0.2) is 32.5 Å². The van der Waals surface area contributed by atoms with E-state index in [0.29, 0.717) is 5.92 Å². The Hall–Kier alpha value is -1.26. The second-order valence-electron chi connectivity index (χ2n) is 4.86. The molecule has 0 aliphatic heterocycles. The molecule has 0 aliphatic rings. The number of nitrogens with one attached hydrogen (secondary N) is 1. The first-order valence-electron chi connectivity index (χ1n) is 6.68.